The minimum atomic E-state index is -0.181. The topological polar surface area (TPSA) is 67.7 Å². The molecule has 0 spiro atoms. The van der Waals surface area contributed by atoms with E-state index in [0.29, 0.717) is 54.2 Å². The number of halogens is 2. The number of benzene rings is 1. The summed E-state index contributed by atoms with van der Waals surface area (Å²) in [6, 6.07) is 7.48. The normalized spacial score (nSPS) is 11.2. The van der Waals surface area contributed by atoms with Crippen molar-refractivity contribution in [3.05, 3.63) is 40.5 Å². The van der Waals surface area contributed by atoms with Crippen molar-refractivity contribution in [1.82, 2.24) is 14.5 Å². The monoisotopic (exact) mass is 582 g/mol. The molecule has 0 saturated carbocycles. The molecule has 164 valence electrons. The smallest absolute Gasteiger partial charge is 0.274 e. The number of thioether (sulfide) groups is 1. The van der Waals surface area contributed by atoms with Crippen LogP contribution in [0.5, 0.6) is 0 Å². The van der Waals surface area contributed by atoms with E-state index in [2.05, 4.69) is 27.0 Å². The minimum Gasteiger partial charge on any atom is -0.352 e. The van der Waals surface area contributed by atoms with Crippen LogP contribution in [-0.4, -0.2) is 59.8 Å². The van der Waals surface area contributed by atoms with Gasteiger partial charge in [-0.15, -0.1) is 0 Å². The summed E-state index contributed by atoms with van der Waals surface area (Å²) >= 11 is 9.72. The summed E-state index contributed by atoms with van der Waals surface area (Å²) in [4.78, 5) is 32.5. The van der Waals surface area contributed by atoms with Gasteiger partial charge in [0.05, 0.1) is 19.6 Å². The Morgan fingerprint density at radius 3 is 2.67 bits per heavy atom. The SMILES string of the molecule is CCSc1nc(N(C)C=O)c(C(=O)N(C)CCCOPI)n1Cc1ccc(Cl)cc1. The van der Waals surface area contributed by atoms with E-state index in [-0.39, 0.29) is 5.91 Å². The van der Waals surface area contributed by atoms with Crippen LogP contribution in [0, 0.1) is 0 Å². The van der Waals surface area contributed by atoms with Crippen molar-refractivity contribution < 1.29 is 14.1 Å². The quantitative estimate of drug-likeness (QED) is 0.119. The summed E-state index contributed by atoms with van der Waals surface area (Å²) < 4.78 is 7.27. The lowest BCUT2D eigenvalue weighted by Gasteiger charge is -2.20. The van der Waals surface area contributed by atoms with Crippen LogP contribution in [0.2, 0.25) is 5.02 Å². The number of anilines is 1. The molecular formula is C19H25ClIN4O3PS. The Labute approximate surface area is 201 Å². The standard InChI is InChI=1S/C19H25ClIN4O3PS/c1-4-30-19-22-17(24(3)13-26)16(18(27)23(2)10-5-11-28-29-21)25(19)12-14-6-8-15(20)9-7-14/h6-9,13,29H,4-5,10-12H2,1-3H3. The van der Waals surface area contributed by atoms with Gasteiger partial charge < -0.3 is 18.9 Å². The summed E-state index contributed by atoms with van der Waals surface area (Å²) in [5.41, 5.74) is 1.39. The van der Waals surface area contributed by atoms with E-state index in [1.807, 2.05) is 35.8 Å². The molecule has 0 N–H and O–H groups in total. The van der Waals surface area contributed by atoms with Crippen molar-refractivity contribution >= 4 is 70.0 Å². The molecule has 0 saturated heterocycles. The fourth-order valence-electron chi connectivity index (χ4n) is 2.78. The number of carbonyl (C=O) groups is 2. The zero-order valence-corrected chi connectivity index (χ0v) is 21.8. The number of carbonyl (C=O) groups excluding carboxylic acids is 2. The van der Waals surface area contributed by atoms with Crippen molar-refractivity contribution in [1.29, 1.82) is 0 Å². The van der Waals surface area contributed by atoms with Gasteiger partial charge in [-0.1, -0.05) is 42.4 Å². The summed E-state index contributed by atoms with van der Waals surface area (Å²) in [7, 11) is 3.36. The molecular weight excluding hydrogens is 558 g/mol. The molecule has 0 fully saturated rings. The summed E-state index contributed by atoms with van der Waals surface area (Å²) in [6.45, 7) is 4.02. The maximum absolute atomic E-state index is 13.4. The number of rotatable bonds is 12. The Bertz CT molecular complexity index is 853. The van der Waals surface area contributed by atoms with E-state index in [4.69, 9.17) is 16.1 Å². The van der Waals surface area contributed by atoms with Gasteiger partial charge in [-0.2, -0.15) is 0 Å². The third kappa shape index (κ3) is 6.82. The highest BCUT2D eigenvalue weighted by molar-refractivity contribution is 14.2. The second kappa shape index (κ2) is 12.9. The average Bonchev–Trinajstić information content (AvgIpc) is 3.09. The first kappa shape index (κ1) is 25.4. The van der Waals surface area contributed by atoms with Crippen molar-refractivity contribution in [3.8, 4) is 0 Å². The molecule has 2 amide bonds. The molecule has 0 aliphatic heterocycles. The Kier molecular flexibility index (Phi) is 10.9. The van der Waals surface area contributed by atoms with Crippen LogP contribution in [0.25, 0.3) is 0 Å². The van der Waals surface area contributed by atoms with E-state index in [1.54, 1.807) is 19.0 Å². The minimum absolute atomic E-state index is 0.181. The zero-order valence-electron chi connectivity index (χ0n) is 17.1. The van der Waals surface area contributed by atoms with E-state index in [1.165, 1.54) is 16.7 Å². The predicted molar refractivity (Wildman–Crippen MR) is 134 cm³/mol. The fourth-order valence-corrected chi connectivity index (χ4v) is 4.51. The Balaban J connectivity index is 2.43. The lowest BCUT2D eigenvalue weighted by Crippen LogP contribution is -2.32. The Morgan fingerprint density at radius 1 is 1.37 bits per heavy atom. The largest absolute Gasteiger partial charge is 0.352 e. The molecule has 0 aliphatic carbocycles. The molecule has 2 rings (SSSR count). The molecule has 1 aromatic carbocycles. The van der Waals surface area contributed by atoms with Crippen LogP contribution in [0.15, 0.2) is 29.4 Å². The molecule has 1 heterocycles. The number of imidazole rings is 1. The molecule has 30 heavy (non-hydrogen) atoms. The first-order valence-electron chi connectivity index (χ1n) is 9.31. The average molecular weight is 583 g/mol. The highest BCUT2D eigenvalue weighted by Crippen LogP contribution is 2.29. The zero-order chi connectivity index (χ0) is 22.1. The fraction of sp³-hybridized carbons (Fsp3) is 0.421. The highest BCUT2D eigenvalue weighted by atomic mass is 127. The van der Waals surface area contributed by atoms with Gasteiger partial charge in [0.2, 0.25) is 6.41 Å². The van der Waals surface area contributed by atoms with E-state index in [9.17, 15) is 9.59 Å². The van der Waals surface area contributed by atoms with Gasteiger partial charge in [0.1, 0.15) is 0 Å². The first-order chi connectivity index (χ1) is 14.4. The maximum Gasteiger partial charge on any atom is 0.274 e. The van der Waals surface area contributed by atoms with Crippen LogP contribution in [-0.2, 0) is 15.9 Å². The first-order valence-corrected chi connectivity index (χ1v) is 14.7. The number of hydrogen-bond donors (Lipinski definition) is 0. The molecule has 1 unspecified atom stereocenters. The number of nitrogens with zero attached hydrogens (tertiary/aromatic N) is 4. The molecule has 0 aliphatic rings. The highest BCUT2D eigenvalue weighted by Gasteiger charge is 2.27. The molecule has 1 aromatic heterocycles. The molecule has 2 aromatic rings. The van der Waals surface area contributed by atoms with E-state index >= 15 is 0 Å². The van der Waals surface area contributed by atoms with Gasteiger partial charge in [-0.3, -0.25) is 9.59 Å². The summed E-state index contributed by atoms with van der Waals surface area (Å²) in [6.07, 6.45) is 1.40. The van der Waals surface area contributed by atoms with Crippen LogP contribution >= 0.6 is 51.9 Å². The predicted octanol–water partition coefficient (Wildman–Crippen LogP) is 4.71. The molecule has 1 atom stereocenters. The maximum atomic E-state index is 13.4. The van der Waals surface area contributed by atoms with E-state index in [0.717, 1.165) is 17.7 Å². The van der Waals surface area contributed by atoms with E-state index < -0.39 is 0 Å². The van der Waals surface area contributed by atoms with Crippen molar-refractivity contribution in [3.63, 3.8) is 0 Å². The summed E-state index contributed by atoms with van der Waals surface area (Å²) in [5, 5.41) is 1.35. The van der Waals surface area contributed by atoms with Gasteiger partial charge in [-0.05, 0) is 51.9 Å². The van der Waals surface area contributed by atoms with Crippen LogP contribution in [0.1, 0.15) is 29.4 Å². The molecule has 0 radical (unpaired) electrons. The lowest BCUT2D eigenvalue weighted by molar-refractivity contribution is -0.107. The van der Waals surface area contributed by atoms with Gasteiger partial charge in [-0.25, -0.2) is 4.98 Å². The van der Waals surface area contributed by atoms with Gasteiger partial charge in [0.25, 0.3) is 5.91 Å². The number of amides is 2. The summed E-state index contributed by atoms with van der Waals surface area (Å²) in [5.74, 6) is 0.969. The van der Waals surface area contributed by atoms with Gasteiger partial charge in [0.15, 0.2) is 16.7 Å². The van der Waals surface area contributed by atoms with Crippen LogP contribution in [0.3, 0.4) is 0 Å². The lowest BCUT2D eigenvalue weighted by atomic mass is 10.2. The van der Waals surface area contributed by atoms with Crippen LogP contribution in [0.4, 0.5) is 5.82 Å². The molecule has 7 nitrogen and oxygen atoms in total. The van der Waals surface area contributed by atoms with Crippen molar-refractivity contribution in [2.75, 3.05) is 37.9 Å². The number of hydrogen-bond acceptors (Lipinski definition) is 5. The van der Waals surface area contributed by atoms with Crippen molar-refractivity contribution in [2.45, 2.75) is 25.0 Å². The third-order valence-corrected chi connectivity index (χ3v) is 6.64. The number of aromatic nitrogens is 2. The third-order valence-electron chi connectivity index (χ3n) is 4.28. The second-order valence-corrected chi connectivity index (χ2v) is 9.87. The molecule has 0 bridgehead atoms. The molecule has 11 heteroatoms. The Morgan fingerprint density at radius 2 is 2.07 bits per heavy atom. The second-order valence-electron chi connectivity index (χ2n) is 6.43. The van der Waals surface area contributed by atoms with Crippen LogP contribution < -0.4 is 4.90 Å². The van der Waals surface area contributed by atoms with Crippen molar-refractivity contribution in [2.24, 2.45) is 0 Å². The van der Waals surface area contributed by atoms with Gasteiger partial charge >= 0.3 is 0 Å². The van der Waals surface area contributed by atoms with Gasteiger partial charge in [0, 0.05) is 25.7 Å². The Hall–Kier alpha value is -0.870.